The van der Waals surface area contributed by atoms with Gasteiger partial charge in [0.1, 0.15) is 0 Å². The zero-order chi connectivity index (χ0) is 15.8. The van der Waals surface area contributed by atoms with E-state index in [1.54, 1.807) is 0 Å². The molecule has 0 aliphatic carbocycles. The van der Waals surface area contributed by atoms with Crippen LogP contribution in [0, 0.1) is 0 Å². The average Bonchev–Trinajstić information content (AvgIpc) is 2.52. The lowest BCUT2D eigenvalue weighted by Crippen LogP contribution is -2.25. The van der Waals surface area contributed by atoms with Crippen LogP contribution in [-0.2, 0) is 17.6 Å². The highest BCUT2D eigenvalue weighted by molar-refractivity contribution is 6.31. The second kappa shape index (κ2) is 8.82. The molecule has 0 fully saturated rings. The number of aryl methyl sites for hydroxylation is 2. The molecule has 2 nitrogen and oxygen atoms in total. The third kappa shape index (κ3) is 5.70. The zero-order valence-electron chi connectivity index (χ0n) is 12.3. The molecule has 1 amide bonds. The van der Waals surface area contributed by atoms with E-state index in [-0.39, 0.29) is 5.91 Å². The van der Waals surface area contributed by atoms with Crippen LogP contribution in [0.15, 0.2) is 48.5 Å². The Morgan fingerprint density at radius 3 is 2.41 bits per heavy atom. The summed E-state index contributed by atoms with van der Waals surface area (Å²) in [6.45, 7) is 0.671. The van der Waals surface area contributed by atoms with Gasteiger partial charge in [0.2, 0.25) is 5.91 Å². The standard InChI is InChI=1S/C18H19Cl2NO/c19-16-10-7-14(8-11-16)9-12-18(22)21-13-3-5-15-4-1-2-6-17(15)20/h1-2,4,6-8,10-11H,3,5,9,12-13H2,(H,21,22). The van der Waals surface area contributed by atoms with Crippen molar-refractivity contribution >= 4 is 29.1 Å². The van der Waals surface area contributed by atoms with Gasteiger partial charge in [-0.3, -0.25) is 4.79 Å². The molecule has 0 heterocycles. The molecular weight excluding hydrogens is 317 g/mol. The molecule has 1 N–H and O–H groups in total. The molecule has 0 saturated heterocycles. The van der Waals surface area contributed by atoms with Gasteiger partial charge in [-0.25, -0.2) is 0 Å². The van der Waals surface area contributed by atoms with Crippen LogP contribution in [0.3, 0.4) is 0 Å². The van der Waals surface area contributed by atoms with Gasteiger partial charge in [0.25, 0.3) is 0 Å². The van der Waals surface area contributed by atoms with E-state index in [0.717, 1.165) is 35.4 Å². The van der Waals surface area contributed by atoms with Crippen molar-refractivity contribution in [3.8, 4) is 0 Å². The summed E-state index contributed by atoms with van der Waals surface area (Å²) >= 11 is 11.9. The van der Waals surface area contributed by atoms with E-state index in [2.05, 4.69) is 5.32 Å². The maximum absolute atomic E-state index is 11.8. The first kappa shape index (κ1) is 16.9. The normalized spacial score (nSPS) is 10.5. The molecule has 2 rings (SSSR count). The van der Waals surface area contributed by atoms with Crippen LogP contribution >= 0.6 is 23.2 Å². The highest BCUT2D eigenvalue weighted by Gasteiger charge is 2.03. The molecule has 0 bridgehead atoms. The number of halogens is 2. The van der Waals surface area contributed by atoms with Crippen molar-refractivity contribution < 1.29 is 4.79 Å². The van der Waals surface area contributed by atoms with Crippen LogP contribution in [0.1, 0.15) is 24.0 Å². The van der Waals surface area contributed by atoms with Crippen LogP contribution in [0.4, 0.5) is 0 Å². The third-order valence-corrected chi connectivity index (χ3v) is 4.08. The van der Waals surface area contributed by atoms with Crippen molar-refractivity contribution in [2.45, 2.75) is 25.7 Å². The first-order chi connectivity index (χ1) is 10.6. The molecule has 0 radical (unpaired) electrons. The summed E-state index contributed by atoms with van der Waals surface area (Å²) in [6.07, 6.45) is 2.98. The molecule has 116 valence electrons. The molecule has 22 heavy (non-hydrogen) atoms. The number of benzene rings is 2. The molecule has 4 heteroatoms. The molecular formula is C18H19Cl2NO. The van der Waals surface area contributed by atoms with Crippen molar-refractivity contribution in [3.05, 3.63) is 69.7 Å². The summed E-state index contributed by atoms with van der Waals surface area (Å²) in [4.78, 5) is 11.8. The Bertz CT molecular complexity index is 611. The Hall–Kier alpha value is -1.51. The molecule has 2 aromatic rings. The van der Waals surface area contributed by atoms with Gasteiger partial charge in [0.15, 0.2) is 0 Å². The average molecular weight is 336 g/mol. The minimum Gasteiger partial charge on any atom is -0.356 e. The van der Waals surface area contributed by atoms with Gasteiger partial charge in [-0.1, -0.05) is 53.5 Å². The Morgan fingerprint density at radius 2 is 1.68 bits per heavy atom. The van der Waals surface area contributed by atoms with Crippen molar-refractivity contribution in [3.63, 3.8) is 0 Å². The molecule has 0 aliphatic heterocycles. The first-order valence-corrected chi connectivity index (χ1v) is 8.15. The maximum Gasteiger partial charge on any atom is 0.220 e. The fourth-order valence-corrected chi connectivity index (χ4v) is 2.56. The lowest BCUT2D eigenvalue weighted by Gasteiger charge is -2.07. The number of carbonyl (C=O) groups excluding carboxylic acids is 1. The summed E-state index contributed by atoms with van der Waals surface area (Å²) in [6, 6.07) is 15.4. The van der Waals surface area contributed by atoms with E-state index in [4.69, 9.17) is 23.2 Å². The zero-order valence-corrected chi connectivity index (χ0v) is 13.8. The van der Waals surface area contributed by atoms with Crippen LogP contribution in [0.2, 0.25) is 10.0 Å². The summed E-state index contributed by atoms with van der Waals surface area (Å²) in [7, 11) is 0. The summed E-state index contributed by atoms with van der Waals surface area (Å²) in [5, 5.41) is 4.45. The molecule has 2 aromatic carbocycles. The second-order valence-electron chi connectivity index (χ2n) is 5.17. The topological polar surface area (TPSA) is 29.1 Å². The predicted molar refractivity (Wildman–Crippen MR) is 92.6 cm³/mol. The first-order valence-electron chi connectivity index (χ1n) is 7.40. The fourth-order valence-electron chi connectivity index (χ4n) is 2.21. The van der Waals surface area contributed by atoms with E-state index < -0.39 is 0 Å². The van der Waals surface area contributed by atoms with Crippen molar-refractivity contribution in [2.75, 3.05) is 6.54 Å². The monoisotopic (exact) mass is 335 g/mol. The minimum absolute atomic E-state index is 0.0779. The SMILES string of the molecule is O=C(CCc1ccc(Cl)cc1)NCCCc1ccccc1Cl. The molecule has 0 saturated carbocycles. The predicted octanol–water partition coefficient (Wildman–Crippen LogP) is 4.68. The van der Waals surface area contributed by atoms with Gasteiger partial charge in [0, 0.05) is 23.0 Å². The van der Waals surface area contributed by atoms with E-state index >= 15 is 0 Å². The van der Waals surface area contributed by atoms with E-state index in [1.165, 1.54) is 0 Å². The van der Waals surface area contributed by atoms with E-state index in [0.29, 0.717) is 18.0 Å². The Morgan fingerprint density at radius 1 is 0.955 bits per heavy atom. The Kier molecular flexibility index (Phi) is 6.75. The molecule has 0 aliphatic rings. The maximum atomic E-state index is 11.8. The van der Waals surface area contributed by atoms with Crippen molar-refractivity contribution in [2.24, 2.45) is 0 Å². The molecule has 0 aromatic heterocycles. The summed E-state index contributed by atoms with van der Waals surface area (Å²) in [5.74, 6) is 0.0779. The summed E-state index contributed by atoms with van der Waals surface area (Å²) in [5.41, 5.74) is 2.25. The minimum atomic E-state index is 0.0779. The molecule has 0 unspecified atom stereocenters. The van der Waals surface area contributed by atoms with Crippen LogP contribution in [0.25, 0.3) is 0 Å². The molecule has 0 atom stereocenters. The van der Waals surface area contributed by atoms with Gasteiger partial charge in [-0.05, 0) is 48.6 Å². The van der Waals surface area contributed by atoms with Gasteiger partial charge in [-0.2, -0.15) is 0 Å². The molecule has 0 spiro atoms. The van der Waals surface area contributed by atoms with Gasteiger partial charge in [0.05, 0.1) is 0 Å². The van der Waals surface area contributed by atoms with E-state index in [1.807, 2.05) is 48.5 Å². The fraction of sp³-hybridized carbons (Fsp3) is 0.278. The van der Waals surface area contributed by atoms with Crippen molar-refractivity contribution in [1.82, 2.24) is 5.32 Å². The van der Waals surface area contributed by atoms with E-state index in [9.17, 15) is 4.79 Å². The number of rotatable bonds is 7. The highest BCUT2D eigenvalue weighted by atomic mass is 35.5. The number of hydrogen-bond acceptors (Lipinski definition) is 1. The smallest absolute Gasteiger partial charge is 0.220 e. The highest BCUT2D eigenvalue weighted by Crippen LogP contribution is 2.16. The third-order valence-electron chi connectivity index (χ3n) is 3.46. The number of nitrogens with one attached hydrogen (secondary N) is 1. The lowest BCUT2D eigenvalue weighted by molar-refractivity contribution is -0.121. The quantitative estimate of drug-likeness (QED) is 0.731. The number of hydrogen-bond donors (Lipinski definition) is 1. The largest absolute Gasteiger partial charge is 0.356 e. The van der Waals surface area contributed by atoms with Crippen molar-refractivity contribution in [1.29, 1.82) is 0 Å². The van der Waals surface area contributed by atoms with Gasteiger partial charge >= 0.3 is 0 Å². The Labute approximate surface area is 141 Å². The van der Waals surface area contributed by atoms with Gasteiger partial charge < -0.3 is 5.32 Å². The number of amides is 1. The van der Waals surface area contributed by atoms with Crippen LogP contribution < -0.4 is 5.32 Å². The lowest BCUT2D eigenvalue weighted by atomic mass is 10.1. The summed E-state index contributed by atoms with van der Waals surface area (Å²) < 4.78 is 0. The van der Waals surface area contributed by atoms with Crippen LogP contribution in [-0.4, -0.2) is 12.5 Å². The van der Waals surface area contributed by atoms with Gasteiger partial charge in [-0.15, -0.1) is 0 Å². The van der Waals surface area contributed by atoms with Crippen LogP contribution in [0.5, 0.6) is 0 Å². The second-order valence-corrected chi connectivity index (χ2v) is 6.02. The number of carbonyl (C=O) groups is 1. The Balaban J connectivity index is 1.64.